The molecule has 9 heteroatoms. The van der Waals surface area contributed by atoms with E-state index in [1.165, 1.54) is 23.1 Å². The Morgan fingerprint density at radius 2 is 1.87 bits per heavy atom. The second-order valence-corrected chi connectivity index (χ2v) is 8.44. The minimum atomic E-state index is -0.387. The van der Waals surface area contributed by atoms with E-state index in [9.17, 15) is 9.59 Å². The molecular weight excluding hydrogens is 434 g/mol. The Kier molecular flexibility index (Phi) is 6.96. The van der Waals surface area contributed by atoms with E-state index in [0.29, 0.717) is 28.1 Å². The van der Waals surface area contributed by atoms with E-state index in [-0.39, 0.29) is 30.7 Å². The van der Waals surface area contributed by atoms with Gasteiger partial charge < -0.3 is 14.5 Å². The van der Waals surface area contributed by atoms with Crippen LogP contribution in [0, 0.1) is 0 Å². The standard InChI is InChI=1S/C22H19N3O4S2/c26-19(23-11-15-6-2-1-3-7-15)10-20-24-16(13-30-20)12-28-21(27)14-31-22-25-17-8-4-5-9-18(17)29-22/h1-9,13H,10-12,14H2,(H,23,26). The molecule has 0 saturated carbocycles. The summed E-state index contributed by atoms with van der Waals surface area (Å²) in [4.78, 5) is 32.8. The first-order valence-corrected chi connectivity index (χ1v) is 11.4. The summed E-state index contributed by atoms with van der Waals surface area (Å²) >= 11 is 2.55. The van der Waals surface area contributed by atoms with Crippen molar-refractivity contribution >= 4 is 46.1 Å². The number of nitrogens with one attached hydrogen (secondary N) is 1. The van der Waals surface area contributed by atoms with E-state index in [0.717, 1.165) is 11.1 Å². The lowest BCUT2D eigenvalue weighted by Gasteiger charge is -2.04. The van der Waals surface area contributed by atoms with Gasteiger partial charge in [-0.3, -0.25) is 9.59 Å². The maximum atomic E-state index is 12.1. The molecule has 2 aromatic carbocycles. The van der Waals surface area contributed by atoms with Gasteiger partial charge in [-0.1, -0.05) is 54.2 Å². The maximum Gasteiger partial charge on any atom is 0.316 e. The number of thioether (sulfide) groups is 1. The number of carbonyl (C=O) groups is 2. The third kappa shape index (κ3) is 6.16. The molecule has 2 aromatic heterocycles. The number of oxazole rings is 1. The molecule has 0 bridgehead atoms. The van der Waals surface area contributed by atoms with Gasteiger partial charge in [0.25, 0.3) is 5.22 Å². The van der Waals surface area contributed by atoms with Crippen LogP contribution in [0.5, 0.6) is 0 Å². The summed E-state index contributed by atoms with van der Waals surface area (Å²) in [5, 5.41) is 5.77. The molecule has 0 aliphatic rings. The average Bonchev–Trinajstić information content (AvgIpc) is 3.42. The van der Waals surface area contributed by atoms with E-state index in [4.69, 9.17) is 9.15 Å². The van der Waals surface area contributed by atoms with Gasteiger partial charge in [0.1, 0.15) is 22.9 Å². The van der Waals surface area contributed by atoms with Gasteiger partial charge in [0, 0.05) is 11.9 Å². The molecule has 2 heterocycles. The van der Waals surface area contributed by atoms with Gasteiger partial charge in [0.05, 0.1) is 12.1 Å². The molecule has 7 nitrogen and oxygen atoms in total. The van der Waals surface area contributed by atoms with Crippen LogP contribution in [0.25, 0.3) is 11.1 Å². The highest BCUT2D eigenvalue weighted by Gasteiger charge is 2.12. The summed E-state index contributed by atoms with van der Waals surface area (Å²) in [6.45, 7) is 0.544. The van der Waals surface area contributed by atoms with Crippen molar-refractivity contribution in [1.82, 2.24) is 15.3 Å². The van der Waals surface area contributed by atoms with Crippen LogP contribution >= 0.6 is 23.1 Å². The molecule has 0 unspecified atom stereocenters. The Morgan fingerprint density at radius 3 is 2.71 bits per heavy atom. The first-order valence-electron chi connectivity index (χ1n) is 9.53. The number of hydrogen-bond donors (Lipinski definition) is 1. The fourth-order valence-electron chi connectivity index (χ4n) is 2.72. The largest absolute Gasteiger partial charge is 0.459 e. The minimum absolute atomic E-state index is 0.0646. The maximum absolute atomic E-state index is 12.1. The smallest absolute Gasteiger partial charge is 0.316 e. The number of esters is 1. The number of carbonyl (C=O) groups excluding carboxylic acids is 2. The van der Waals surface area contributed by atoms with Crippen molar-refractivity contribution in [3.63, 3.8) is 0 Å². The fourth-order valence-corrected chi connectivity index (χ4v) is 4.14. The van der Waals surface area contributed by atoms with Crippen molar-refractivity contribution in [2.24, 2.45) is 0 Å². The molecule has 0 spiro atoms. The Hall–Kier alpha value is -3.17. The number of aromatic nitrogens is 2. The van der Waals surface area contributed by atoms with Crippen molar-refractivity contribution in [3.8, 4) is 0 Å². The van der Waals surface area contributed by atoms with E-state index in [2.05, 4.69) is 15.3 Å². The zero-order chi connectivity index (χ0) is 21.5. The zero-order valence-electron chi connectivity index (χ0n) is 16.4. The van der Waals surface area contributed by atoms with E-state index >= 15 is 0 Å². The molecule has 158 valence electrons. The third-order valence-electron chi connectivity index (χ3n) is 4.21. The summed E-state index contributed by atoms with van der Waals surface area (Å²) in [6, 6.07) is 17.1. The van der Waals surface area contributed by atoms with Crippen LogP contribution < -0.4 is 5.32 Å². The summed E-state index contributed by atoms with van der Waals surface area (Å²) in [5.41, 5.74) is 3.09. The second-order valence-electron chi connectivity index (χ2n) is 6.57. The van der Waals surface area contributed by atoms with Crippen LogP contribution in [-0.4, -0.2) is 27.6 Å². The topological polar surface area (TPSA) is 94.3 Å². The highest BCUT2D eigenvalue weighted by molar-refractivity contribution is 7.99. The average molecular weight is 454 g/mol. The third-order valence-corrected chi connectivity index (χ3v) is 5.91. The normalized spacial score (nSPS) is 10.8. The monoisotopic (exact) mass is 453 g/mol. The van der Waals surface area contributed by atoms with Crippen molar-refractivity contribution in [2.45, 2.75) is 24.8 Å². The second kappa shape index (κ2) is 10.2. The van der Waals surface area contributed by atoms with Gasteiger partial charge in [0.2, 0.25) is 5.91 Å². The van der Waals surface area contributed by atoms with Gasteiger partial charge in [-0.05, 0) is 17.7 Å². The highest BCUT2D eigenvalue weighted by Crippen LogP contribution is 2.23. The molecule has 0 saturated heterocycles. The Morgan fingerprint density at radius 1 is 1.06 bits per heavy atom. The molecule has 1 amide bonds. The first kappa shape index (κ1) is 21.1. The Labute approximate surface area is 186 Å². The lowest BCUT2D eigenvalue weighted by molar-refractivity contribution is -0.141. The van der Waals surface area contributed by atoms with Crippen LogP contribution in [0.3, 0.4) is 0 Å². The number of rotatable bonds is 9. The molecule has 0 radical (unpaired) electrons. The van der Waals surface area contributed by atoms with E-state index < -0.39 is 0 Å². The number of amides is 1. The van der Waals surface area contributed by atoms with Crippen molar-refractivity contribution < 1.29 is 18.7 Å². The van der Waals surface area contributed by atoms with Gasteiger partial charge in [-0.2, -0.15) is 0 Å². The molecular formula is C22H19N3O4S2. The van der Waals surface area contributed by atoms with Gasteiger partial charge in [-0.25, -0.2) is 9.97 Å². The number of nitrogens with zero attached hydrogens (tertiary/aromatic N) is 2. The van der Waals surface area contributed by atoms with Crippen LogP contribution in [0.4, 0.5) is 0 Å². The Bertz CT molecular complexity index is 1140. The summed E-state index contributed by atoms with van der Waals surface area (Å²) < 4.78 is 10.8. The predicted octanol–water partition coefficient (Wildman–Crippen LogP) is 3.98. The molecule has 4 rings (SSSR count). The number of fused-ring (bicyclic) bond motifs is 1. The van der Waals surface area contributed by atoms with Gasteiger partial charge in [0.15, 0.2) is 5.58 Å². The first-order chi connectivity index (χ1) is 15.2. The zero-order valence-corrected chi connectivity index (χ0v) is 18.1. The van der Waals surface area contributed by atoms with Crippen molar-refractivity contribution in [1.29, 1.82) is 0 Å². The SMILES string of the molecule is O=C(Cc1nc(COC(=O)CSc2nc3ccccc3o2)cs1)NCc1ccccc1. The number of thiazole rings is 1. The lowest BCUT2D eigenvalue weighted by Crippen LogP contribution is -2.24. The highest BCUT2D eigenvalue weighted by atomic mass is 32.2. The van der Waals surface area contributed by atoms with Crippen molar-refractivity contribution in [2.75, 3.05) is 5.75 Å². The van der Waals surface area contributed by atoms with Crippen LogP contribution in [0.15, 0.2) is 69.6 Å². The molecule has 0 aliphatic heterocycles. The van der Waals surface area contributed by atoms with Crippen molar-refractivity contribution in [3.05, 3.63) is 76.2 Å². The lowest BCUT2D eigenvalue weighted by atomic mass is 10.2. The molecule has 1 N–H and O–H groups in total. The van der Waals surface area contributed by atoms with Crippen LogP contribution in [0.1, 0.15) is 16.3 Å². The molecule has 31 heavy (non-hydrogen) atoms. The number of para-hydroxylation sites is 2. The summed E-state index contributed by atoms with van der Waals surface area (Å²) in [6.07, 6.45) is 0.193. The molecule has 0 fully saturated rings. The van der Waals surface area contributed by atoms with Crippen LogP contribution in [-0.2, 0) is 33.9 Å². The van der Waals surface area contributed by atoms with Gasteiger partial charge >= 0.3 is 5.97 Å². The fraction of sp³-hybridized carbons (Fsp3) is 0.182. The Balaban J connectivity index is 1.18. The summed E-state index contributed by atoms with van der Waals surface area (Å²) in [7, 11) is 0. The number of hydrogen-bond acceptors (Lipinski definition) is 8. The summed E-state index contributed by atoms with van der Waals surface area (Å²) in [5.74, 6) is -0.398. The number of ether oxygens (including phenoxy) is 1. The minimum Gasteiger partial charge on any atom is -0.459 e. The molecule has 0 atom stereocenters. The van der Waals surface area contributed by atoms with E-state index in [1.54, 1.807) is 5.38 Å². The quantitative estimate of drug-likeness (QED) is 0.303. The van der Waals surface area contributed by atoms with Crippen LogP contribution in [0.2, 0.25) is 0 Å². The number of benzene rings is 2. The molecule has 0 aliphatic carbocycles. The molecule has 4 aromatic rings. The predicted molar refractivity (Wildman–Crippen MR) is 119 cm³/mol. The van der Waals surface area contributed by atoms with Gasteiger partial charge in [-0.15, -0.1) is 11.3 Å². The van der Waals surface area contributed by atoms with E-state index in [1.807, 2.05) is 54.6 Å².